The number of hydrogen-bond donors (Lipinski definition) is 2. The second kappa shape index (κ2) is 6.16. The highest BCUT2D eigenvalue weighted by Crippen LogP contribution is 2.27. The van der Waals surface area contributed by atoms with Gasteiger partial charge in [0, 0.05) is 15.1 Å². The van der Waals surface area contributed by atoms with Crippen molar-refractivity contribution in [1.82, 2.24) is 9.78 Å². The smallest absolute Gasteiger partial charge is 0.325 e. The molecule has 0 aliphatic carbocycles. The summed E-state index contributed by atoms with van der Waals surface area (Å²) in [5.41, 5.74) is 0.186. The molecule has 0 aliphatic rings. The fourth-order valence-electron chi connectivity index (χ4n) is 1.54. The first-order chi connectivity index (χ1) is 9.78. The molecule has 2 rings (SSSR count). The van der Waals surface area contributed by atoms with Gasteiger partial charge in [-0.3, -0.25) is 14.2 Å². The molecule has 2 N–H and O–H groups in total. The standard InChI is InChI=1S/C11H9Br2N3O4S/c12-7-1-2-10(9(13)3-7)21(19,20)15-8-4-14-16(5-8)6-11(17)18/h1-5,15H,6H2,(H,17,18). The summed E-state index contributed by atoms with van der Waals surface area (Å²) >= 11 is 6.43. The normalized spacial score (nSPS) is 11.3. The minimum absolute atomic E-state index is 0.0664. The van der Waals surface area contributed by atoms with Crippen LogP contribution in [0.2, 0.25) is 0 Å². The van der Waals surface area contributed by atoms with Gasteiger partial charge in [-0.2, -0.15) is 5.10 Å². The second-order valence-corrected chi connectivity index (χ2v) is 7.42. The van der Waals surface area contributed by atoms with Gasteiger partial charge in [-0.25, -0.2) is 8.42 Å². The van der Waals surface area contributed by atoms with Crippen molar-refractivity contribution in [3.05, 3.63) is 39.5 Å². The van der Waals surface area contributed by atoms with Gasteiger partial charge in [0.05, 0.1) is 11.9 Å². The van der Waals surface area contributed by atoms with Gasteiger partial charge in [-0.1, -0.05) is 15.9 Å². The van der Waals surface area contributed by atoms with Crippen molar-refractivity contribution in [1.29, 1.82) is 0 Å². The third-order valence-corrected chi connectivity index (χ3v) is 5.22. The number of aliphatic carboxylic acids is 1. The molecular weight excluding hydrogens is 430 g/mol. The molecule has 0 aliphatic heterocycles. The molecule has 1 aromatic heterocycles. The summed E-state index contributed by atoms with van der Waals surface area (Å²) in [5, 5.41) is 12.4. The largest absolute Gasteiger partial charge is 0.480 e. The van der Waals surface area contributed by atoms with Crippen molar-refractivity contribution in [3.63, 3.8) is 0 Å². The van der Waals surface area contributed by atoms with Crippen LogP contribution in [0, 0.1) is 0 Å². The molecule has 0 bridgehead atoms. The minimum Gasteiger partial charge on any atom is -0.480 e. The van der Waals surface area contributed by atoms with Crippen molar-refractivity contribution >= 4 is 53.5 Å². The number of aromatic nitrogens is 2. The van der Waals surface area contributed by atoms with Crippen LogP contribution in [0.1, 0.15) is 0 Å². The van der Waals surface area contributed by atoms with E-state index in [0.717, 1.165) is 9.15 Å². The third-order valence-electron chi connectivity index (χ3n) is 2.37. The summed E-state index contributed by atoms with van der Waals surface area (Å²) in [7, 11) is -3.79. The Morgan fingerprint density at radius 1 is 1.38 bits per heavy atom. The number of rotatable bonds is 5. The fraction of sp³-hybridized carbons (Fsp3) is 0.0909. The van der Waals surface area contributed by atoms with Gasteiger partial charge >= 0.3 is 5.97 Å². The van der Waals surface area contributed by atoms with Crippen molar-refractivity contribution in [2.75, 3.05) is 4.72 Å². The van der Waals surface area contributed by atoms with Crippen LogP contribution in [-0.2, 0) is 21.4 Å². The van der Waals surface area contributed by atoms with Gasteiger partial charge in [-0.05, 0) is 34.1 Å². The van der Waals surface area contributed by atoms with Gasteiger partial charge in [0.2, 0.25) is 0 Å². The molecule has 0 radical (unpaired) electrons. The number of sulfonamides is 1. The summed E-state index contributed by atoms with van der Waals surface area (Å²) in [6.45, 7) is -0.344. The number of nitrogens with zero attached hydrogens (tertiary/aromatic N) is 2. The predicted octanol–water partition coefficient (Wildman–Crippen LogP) is 2.29. The van der Waals surface area contributed by atoms with Crippen LogP contribution in [0.3, 0.4) is 0 Å². The molecule has 1 aromatic carbocycles. The lowest BCUT2D eigenvalue weighted by atomic mass is 10.4. The van der Waals surface area contributed by atoms with Crippen molar-refractivity contribution in [2.24, 2.45) is 0 Å². The molecule has 1 heterocycles. The molecule has 0 amide bonds. The molecule has 112 valence electrons. The Bertz CT molecular complexity index is 789. The van der Waals surface area contributed by atoms with Crippen LogP contribution in [0.4, 0.5) is 5.69 Å². The summed E-state index contributed by atoms with van der Waals surface area (Å²) in [4.78, 5) is 10.6. The monoisotopic (exact) mass is 437 g/mol. The number of carboxylic acid groups (broad SMARTS) is 1. The van der Waals surface area contributed by atoms with Crippen LogP contribution in [0.5, 0.6) is 0 Å². The highest BCUT2D eigenvalue weighted by atomic mass is 79.9. The van der Waals surface area contributed by atoms with Gasteiger partial charge < -0.3 is 5.11 Å². The van der Waals surface area contributed by atoms with Crippen LogP contribution in [0.25, 0.3) is 0 Å². The van der Waals surface area contributed by atoms with Crippen LogP contribution in [0.15, 0.2) is 44.4 Å². The van der Waals surface area contributed by atoms with Gasteiger partial charge in [0.15, 0.2) is 0 Å². The van der Waals surface area contributed by atoms with E-state index in [1.54, 1.807) is 12.1 Å². The first kappa shape index (κ1) is 16.0. The van der Waals surface area contributed by atoms with E-state index < -0.39 is 16.0 Å². The Morgan fingerprint density at radius 3 is 2.71 bits per heavy atom. The Balaban J connectivity index is 2.25. The SMILES string of the molecule is O=C(O)Cn1cc(NS(=O)(=O)c2ccc(Br)cc2Br)cn1. The number of hydrogen-bond acceptors (Lipinski definition) is 4. The van der Waals surface area contributed by atoms with Crippen molar-refractivity contribution < 1.29 is 18.3 Å². The lowest BCUT2D eigenvalue weighted by Gasteiger charge is -2.08. The summed E-state index contributed by atoms with van der Waals surface area (Å²) < 4.78 is 29.1. The van der Waals surface area contributed by atoms with Gasteiger partial charge in [-0.15, -0.1) is 0 Å². The van der Waals surface area contributed by atoms with E-state index in [4.69, 9.17) is 5.11 Å². The zero-order valence-corrected chi connectivity index (χ0v) is 14.3. The minimum atomic E-state index is -3.79. The molecule has 0 unspecified atom stereocenters. The predicted molar refractivity (Wildman–Crippen MR) is 82.5 cm³/mol. The number of halogens is 2. The maximum Gasteiger partial charge on any atom is 0.325 e. The van der Waals surface area contributed by atoms with E-state index in [9.17, 15) is 13.2 Å². The number of benzene rings is 1. The highest BCUT2D eigenvalue weighted by molar-refractivity contribution is 9.11. The summed E-state index contributed by atoms with van der Waals surface area (Å²) in [6, 6.07) is 4.66. The van der Waals surface area contributed by atoms with Crippen molar-refractivity contribution in [2.45, 2.75) is 11.4 Å². The summed E-state index contributed by atoms with van der Waals surface area (Å²) in [5.74, 6) is -1.07. The molecule has 0 saturated carbocycles. The molecular formula is C11H9Br2N3O4S. The lowest BCUT2D eigenvalue weighted by Crippen LogP contribution is -2.13. The first-order valence-electron chi connectivity index (χ1n) is 5.50. The second-order valence-electron chi connectivity index (χ2n) is 4.00. The van der Waals surface area contributed by atoms with E-state index in [2.05, 4.69) is 41.7 Å². The van der Waals surface area contributed by atoms with E-state index in [0.29, 0.717) is 4.47 Å². The van der Waals surface area contributed by atoms with Crippen LogP contribution in [-0.4, -0.2) is 29.3 Å². The molecule has 7 nitrogen and oxygen atoms in total. The molecule has 2 aromatic rings. The molecule has 0 spiro atoms. The third kappa shape index (κ3) is 4.05. The van der Waals surface area contributed by atoms with Crippen LogP contribution < -0.4 is 4.72 Å². The van der Waals surface area contributed by atoms with Gasteiger partial charge in [0.25, 0.3) is 10.0 Å². The average molecular weight is 439 g/mol. The maximum atomic E-state index is 12.3. The van der Waals surface area contributed by atoms with Crippen LogP contribution >= 0.6 is 31.9 Å². The first-order valence-corrected chi connectivity index (χ1v) is 8.57. The molecule has 10 heteroatoms. The molecule has 0 atom stereocenters. The maximum absolute atomic E-state index is 12.3. The number of anilines is 1. The van der Waals surface area contributed by atoms with Crippen molar-refractivity contribution in [3.8, 4) is 0 Å². The number of carbonyl (C=O) groups is 1. The molecule has 0 saturated heterocycles. The van der Waals surface area contributed by atoms with E-state index in [-0.39, 0.29) is 17.1 Å². The Kier molecular flexibility index (Phi) is 4.69. The quantitative estimate of drug-likeness (QED) is 0.745. The lowest BCUT2D eigenvalue weighted by molar-refractivity contribution is -0.137. The van der Waals surface area contributed by atoms with E-state index in [1.807, 2.05) is 0 Å². The number of carboxylic acids is 1. The fourth-order valence-corrected chi connectivity index (χ4v) is 4.32. The topological polar surface area (TPSA) is 101 Å². The zero-order valence-electron chi connectivity index (χ0n) is 10.3. The average Bonchev–Trinajstić information content (AvgIpc) is 2.73. The summed E-state index contributed by atoms with van der Waals surface area (Å²) in [6.07, 6.45) is 2.55. The zero-order chi connectivity index (χ0) is 15.6. The highest BCUT2D eigenvalue weighted by Gasteiger charge is 2.18. The molecule has 0 fully saturated rings. The Morgan fingerprint density at radius 2 is 2.10 bits per heavy atom. The molecule has 21 heavy (non-hydrogen) atoms. The Labute approximate surface area is 137 Å². The van der Waals surface area contributed by atoms with Gasteiger partial charge in [0.1, 0.15) is 11.4 Å². The van der Waals surface area contributed by atoms with E-state index in [1.165, 1.54) is 18.5 Å². The Hall–Kier alpha value is -1.39. The van der Waals surface area contributed by atoms with E-state index >= 15 is 0 Å². The number of nitrogens with one attached hydrogen (secondary N) is 1.